The van der Waals surface area contributed by atoms with E-state index >= 15 is 0 Å². The van der Waals surface area contributed by atoms with Gasteiger partial charge in [-0.25, -0.2) is 9.18 Å². The van der Waals surface area contributed by atoms with Crippen LogP contribution in [0.1, 0.15) is 62.5 Å². The van der Waals surface area contributed by atoms with Gasteiger partial charge in [0.05, 0.1) is 19.3 Å². The fourth-order valence-electron chi connectivity index (χ4n) is 5.78. The van der Waals surface area contributed by atoms with Crippen molar-refractivity contribution < 1.29 is 33.0 Å². The molecule has 2 saturated heterocycles. The Morgan fingerprint density at radius 1 is 1.20 bits per heavy atom. The second-order valence-electron chi connectivity index (χ2n) is 11.2. The van der Waals surface area contributed by atoms with Gasteiger partial charge in [0.25, 0.3) is 0 Å². The second kappa shape index (κ2) is 11.6. The highest BCUT2D eigenvalue weighted by Crippen LogP contribution is 2.47. The van der Waals surface area contributed by atoms with E-state index in [1.165, 1.54) is 22.6 Å². The number of hydrogen-bond acceptors (Lipinski definition) is 5. The van der Waals surface area contributed by atoms with Crippen molar-refractivity contribution in [1.29, 1.82) is 0 Å². The average Bonchev–Trinajstić information content (AvgIpc) is 3.70. The van der Waals surface area contributed by atoms with Gasteiger partial charge in [-0.3, -0.25) is 14.4 Å². The van der Waals surface area contributed by atoms with Crippen molar-refractivity contribution in [2.24, 2.45) is 0 Å². The zero-order valence-electron chi connectivity index (χ0n) is 23.0. The SMILES string of the molecule is C=C(CCCP(=O)(O)O)N1CC2(CCN(Cc3cc(C4CC4)c(-c4ccc(F)cc4)cc3OCC)CC2)OC1=O. The van der Waals surface area contributed by atoms with Crippen LogP contribution >= 0.6 is 7.60 Å². The van der Waals surface area contributed by atoms with E-state index in [2.05, 4.69) is 23.6 Å². The monoisotopic (exact) mass is 572 g/mol. The Hall–Kier alpha value is -2.71. The van der Waals surface area contributed by atoms with Gasteiger partial charge < -0.3 is 19.3 Å². The molecule has 1 spiro atoms. The van der Waals surface area contributed by atoms with Gasteiger partial charge in [0.2, 0.25) is 0 Å². The van der Waals surface area contributed by atoms with Crippen molar-refractivity contribution in [3.63, 3.8) is 0 Å². The Balaban J connectivity index is 1.25. The highest BCUT2D eigenvalue weighted by Gasteiger charge is 2.47. The second-order valence-corrected chi connectivity index (χ2v) is 13.0. The number of hydrogen-bond donors (Lipinski definition) is 2. The van der Waals surface area contributed by atoms with Gasteiger partial charge in [-0.1, -0.05) is 18.7 Å². The van der Waals surface area contributed by atoms with Crippen molar-refractivity contribution in [1.82, 2.24) is 9.80 Å². The third-order valence-corrected chi connectivity index (χ3v) is 9.03. The number of allylic oxidation sites excluding steroid dienone is 1. The number of halogens is 1. The van der Waals surface area contributed by atoms with Crippen LogP contribution in [0.4, 0.5) is 9.18 Å². The van der Waals surface area contributed by atoms with Crippen LogP contribution in [-0.2, 0) is 15.8 Å². The van der Waals surface area contributed by atoms with E-state index in [1.54, 1.807) is 0 Å². The lowest BCUT2D eigenvalue weighted by Gasteiger charge is -2.37. The molecule has 2 aromatic rings. The summed E-state index contributed by atoms with van der Waals surface area (Å²) in [4.78, 5) is 34.7. The molecule has 3 aliphatic rings. The van der Waals surface area contributed by atoms with E-state index < -0.39 is 19.3 Å². The van der Waals surface area contributed by atoms with Crippen LogP contribution in [0.15, 0.2) is 48.7 Å². The van der Waals surface area contributed by atoms with Crippen LogP contribution in [-0.4, -0.2) is 63.7 Å². The standard InChI is InChI=1S/C30H38FN2O6P/c1-3-38-28-18-27(23-8-10-25(31)11-9-23)26(22-6-7-22)17-24(28)19-32-14-12-30(13-15-32)20-33(29(34)39-30)21(2)5-4-16-40(35,36)37/h8-11,17-18,22H,2-7,12-16,19-20H2,1H3,(H2,35,36,37). The van der Waals surface area contributed by atoms with E-state index in [1.807, 2.05) is 19.1 Å². The molecule has 2 aromatic carbocycles. The molecule has 10 heteroatoms. The summed E-state index contributed by atoms with van der Waals surface area (Å²) in [6.07, 6.45) is 3.63. The minimum Gasteiger partial charge on any atom is -0.494 e. The Bertz CT molecular complexity index is 1300. The number of piperidine rings is 1. The number of carbonyl (C=O) groups excluding carboxylic acids is 1. The molecule has 2 N–H and O–H groups in total. The lowest BCUT2D eigenvalue weighted by atomic mass is 9.90. The summed E-state index contributed by atoms with van der Waals surface area (Å²) in [6, 6.07) is 11.0. The summed E-state index contributed by atoms with van der Waals surface area (Å²) < 4.78 is 36.7. The molecule has 2 aliphatic heterocycles. The molecule has 0 aromatic heterocycles. The zero-order chi connectivity index (χ0) is 28.5. The molecule has 8 nitrogen and oxygen atoms in total. The third-order valence-electron chi connectivity index (χ3n) is 8.13. The predicted octanol–water partition coefficient (Wildman–Crippen LogP) is 6.03. The van der Waals surface area contributed by atoms with Gasteiger partial charge in [-0.15, -0.1) is 0 Å². The first-order valence-corrected chi connectivity index (χ1v) is 15.9. The quantitative estimate of drug-likeness (QED) is 0.317. The lowest BCUT2D eigenvalue weighted by Crippen LogP contribution is -2.46. The Morgan fingerprint density at radius 3 is 2.52 bits per heavy atom. The maximum Gasteiger partial charge on any atom is 0.414 e. The van der Waals surface area contributed by atoms with Crippen molar-refractivity contribution in [2.45, 2.75) is 63.5 Å². The van der Waals surface area contributed by atoms with Gasteiger partial charge in [-0.2, -0.15) is 0 Å². The van der Waals surface area contributed by atoms with Gasteiger partial charge in [0.1, 0.15) is 17.2 Å². The molecule has 1 aliphatic carbocycles. The summed E-state index contributed by atoms with van der Waals surface area (Å²) in [5, 5.41) is 0. The first kappa shape index (κ1) is 28.8. The number of rotatable bonds is 11. The summed E-state index contributed by atoms with van der Waals surface area (Å²) in [6.45, 7) is 9.15. The summed E-state index contributed by atoms with van der Waals surface area (Å²) in [7, 11) is -4.08. The van der Waals surface area contributed by atoms with Crippen molar-refractivity contribution in [2.75, 3.05) is 32.4 Å². The van der Waals surface area contributed by atoms with E-state index in [0.717, 1.165) is 54.9 Å². The number of amides is 1. The van der Waals surface area contributed by atoms with Crippen LogP contribution < -0.4 is 4.74 Å². The van der Waals surface area contributed by atoms with E-state index in [4.69, 9.17) is 19.3 Å². The molecular weight excluding hydrogens is 534 g/mol. The molecule has 0 atom stereocenters. The van der Waals surface area contributed by atoms with Crippen molar-refractivity contribution in [3.8, 4) is 16.9 Å². The minimum atomic E-state index is -4.08. The van der Waals surface area contributed by atoms with Crippen LogP contribution in [0.3, 0.4) is 0 Å². The molecule has 216 valence electrons. The van der Waals surface area contributed by atoms with E-state index in [9.17, 15) is 13.8 Å². The fourth-order valence-corrected chi connectivity index (χ4v) is 6.35. The van der Waals surface area contributed by atoms with Gasteiger partial charge in [-0.05, 0) is 79.5 Å². The molecule has 0 radical (unpaired) electrons. The molecule has 40 heavy (non-hydrogen) atoms. The largest absolute Gasteiger partial charge is 0.494 e. The minimum absolute atomic E-state index is 0.230. The van der Waals surface area contributed by atoms with E-state index in [0.29, 0.717) is 44.0 Å². The highest BCUT2D eigenvalue weighted by atomic mass is 31.2. The number of ether oxygens (including phenoxy) is 2. The first-order chi connectivity index (χ1) is 19.1. The maximum atomic E-state index is 13.6. The number of nitrogens with zero attached hydrogens (tertiary/aromatic N) is 2. The topological polar surface area (TPSA) is 99.5 Å². The predicted molar refractivity (Wildman–Crippen MR) is 151 cm³/mol. The number of likely N-dealkylation sites (tertiary alicyclic amines) is 1. The third kappa shape index (κ3) is 6.77. The molecule has 5 rings (SSSR count). The van der Waals surface area contributed by atoms with Crippen LogP contribution in [0.2, 0.25) is 0 Å². The van der Waals surface area contributed by atoms with E-state index in [-0.39, 0.29) is 18.4 Å². The maximum absolute atomic E-state index is 13.6. The summed E-state index contributed by atoms with van der Waals surface area (Å²) >= 11 is 0. The average molecular weight is 573 g/mol. The Labute approximate surface area is 234 Å². The summed E-state index contributed by atoms with van der Waals surface area (Å²) in [5.41, 5.74) is 4.48. The highest BCUT2D eigenvalue weighted by molar-refractivity contribution is 7.51. The molecule has 3 fully saturated rings. The molecule has 0 bridgehead atoms. The number of benzene rings is 2. The molecule has 0 unspecified atom stereocenters. The molecule has 1 saturated carbocycles. The summed E-state index contributed by atoms with van der Waals surface area (Å²) in [5.74, 6) is 1.11. The molecule has 1 amide bonds. The fraction of sp³-hybridized carbons (Fsp3) is 0.500. The van der Waals surface area contributed by atoms with Crippen LogP contribution in [0.25, 0.3) is 11.1 Å². The zero-order valence-corrected chi connectivity index (χ0v) is 23.9. The van der Waals surface area contributed by atoms with Crippen LogP contribution in [0.5, 0.6) is 5.75 Å². The van der Waals surface area contributed by atoms with Gasteiger partial charge in [0.15, 0.2) is 0 Å². The number of carbonyl (C=O) groups is 1. The van der Waals surface area contributed by atoms with Crippen molar-refractivity contribution >= 4 is 13.7 Å². The lowest BCUT2D eigenvalue weighted by molar-refractivity contribution is -0.00133. The van der Waals surface area contributed by atoms with Gasteiger partial charge in [0, 0.05) is 43.7 Å². The Kier molecular flexibility index (Phi) is 8.39. The van der Waals surface area contributed by atoms with Gasteiger partial charge >= 0.3 is 13.7 Å². The molecule has 2 heterocycles. The molecular formula is C30H38FN2O6P. The van der Waals surface area contributed by atoms with Crippen LogP contribution in [0, 0.1) is 5.82 Å². The smallest absolute Gasteiger partial charge is 0.414 e. The van der Waals surface area contributed by atoms with Crippen molar-refractivity contribution in [3.05, 3.63) is 65.6 Å². The first-order valence-electron chi connectivity index (χ1n) is 14.1. The Morgan fingerprint density at radius 2 is 1.90 bits per heavy atom. The normalized spacial score (nSPS) is 19.2.